The fourth-order valence-corrected chi connectivity index (χ4v) is 13.6. The number of nitrogens with zero attached hydrogens (tertiary/aromatic N) is 6. The number of fused-ring (bicyclic) bond motifs is 5. The van der Waals surface area contributed by atoms with Gasteiger partial charge < -0.3 is 52.7 Å². The topological polar surface area (TPSA) is 244 Å². The second kappa shape index (κ2) is 29.0. The van der Waals surface area contributed by atoms with Crippen molar-refractivity contribution >= 4 is 113 Å². The minimum Gasteiger partial charge on any atom is -0.493 e. The summed E-state index contributed by atoms with van der Waals surface area (Å²) in [4.78, 5) is 113. The molecular weight excluding hydrogens is 1310 g/mol. The van der Waals surface area contributed by atoms with Crippen LogP contribution in [0.2, 0.25) is 18.1 Å². The Morgan fingerprint density at radius 2 is 1.43 bits per heavy atom. The van der Waals surface area contributed by atoms with Crippen LogP contribution in [0.15, 0.2) is 98.0 Å². The highest BCUT2D eigenvalue weighted by Gasteiger charge is 2.60. The van der Waals surface area contributed by atoms with Crippen molar-refractivity contribution in [3.8, 4) is 23.0 Å². The van der Waals surface area contributed by atoms with Crippen LogP contribution in [0.1, 0.15) is 117 Å². The maximum absolute atomic E-state index is 15.3. The van der Waals surface area contributed by atoms with Gasteiger partial charge in [0.25, 0.3) is 11.8 Å². The molecule has 1 saturated carbocycles. The molecule has 1 N–H and O–H groups in total. The Labute approximate surface area is 574 Å². The monoisotopic (exact) mass is 1390 g/mol. The molecule has 4 aliphatic heterocycles. The highest BCUT2D eigenvalue weighted by atomic mass is 35.6. The Kier molecular flexibility index (Phi) is 21.4. The van der Waals surface area contributed by atoms with Gasteiger partial charge in [0.2, 0.25) is 9.70 Å². The first kappa shape index (κ1) is 70.8. The molecule has 5 aromatic rings. The molecule has 26 heteroatoms. The first-order chi connectivity index (χ1) is 45.5. The second-order valence-corrected chi connectivity index (χ2v) is 34.2. The van der Waals surface area contributed by atoms with Crippen molar-refractivity contribution in [3.63, 3.8) is 0 Å². The van der Waals surface area contributed by atoms with E-state index >= 15 is 9.59 Å². The minimum atomic E-state index is -2.74. The number of carbonyl (C=O) groups is 7. The van der Waals surface area contributed by atoms with Crippen LogP contribution in [0.25, 0.3) is 16.6 Å². The number of ether oxygens (including phenoxy) is 7. The lowest BCUT2D eigenvalue weighted by Crippen LogP contribution is -2.58. The van der Waals surface area contributed by atoms with E-state index in [4.69, 9.17) is 72.4 Å². The van der Waals surface area contributed by atoms with Crippen LogP contribution in [0, 0.1) is 17.3 Å². The van der Waals surface area contributed by atoms with Gasteiger partial charge in [-0.15, -0.1) is 0 Å². The molecule has 5 aliphatic rings. The number of hydrogen-bond acceptors (Lipinski definition) is 17. The molecule has 96 heavy (non-hydrogen) atoms. The van der Waals surface area contributed by atoms with Gasteiger partial charge in [0, 0.05) is 50.1 Å². The maximum Gasteiger partial charge on any atom is 0.416 e. The molecule has 5 atom stereocenters. The number of benzene rings is 4. The largest absolute Gasteiger partial charge is 0.493 e. The van der Waals surface area contributed by atoms with Crippen molar-refractivity contribution in [3.05, 3.63) is 126 Å². The fraction of sp³-hybridized carbons (Fsp3) is 0.471. The Morgan fingerprint density at radius 3 is 2.04 bits per heavy atom. The number of nitrogens with one attached hydrogen (secondary N) is 1. The number of anilines is 2. The van der Waals surface area contributed by atoms with Crippen LogP contribution < -0.4 is 34.1 Å². The van der Waals surface area contributed by atoms with Gasteiger partial charge in [0.15, 0.2) is 43.3 Å². The molecule has 1 unspecified atom stereocenters. The van der Waals surface area contributed by atoms with Gasteiger partial charge >= 0.3 is 18.2 Å². The van der Waals surface area contributed by atoms with Gasteiger partial charge in [0.05, 0.1) is 98.0 Å². The molecule has 2 fully saturated rings. The average Bonchev–Trinajstić information content (AvgIpc) is 1.56. The molecule has 0 bridgehead atoms. The van der Waals surface area contributed by atoms with E-state index in [1.165, 1.54) is 36.2 Å². The molecule has 1 saturated heterocycles. The number of carbonyl (C=O) groups excluding carboxylic acids is 7. The van der Waals surface area contributed by atoms with Gasteiger partial charge in [-0.1, -0.05) is 112 Å². The number of ketones is 1. The molecule has 1 spiro atoms. The lowest BCUT2D eigenvalue weighted by Gasteiger charge is -2.44. The summed E-state index contributed by atoms with van der Waals surface area (Å²) in [6.45, 7) is 19.2. The van der Waals surface area contributed by atoms with Crippen molar-refractivity contribution < 1.29 is 71.1 Å². The first-order valence-electron chi connectivity index (χ1n) is 32.1. The van der Waals surface area contributed by atoms with Crippen molar-refractivity contribution in [1.82, 2.24) is 25.1 Å². The summed E-state index contributed by atoms with van der Waals surface area (Å²) in [5.41, 5.74) is 4.98. The van der Waals surface area contributed by atoms with Crippen LogP contribution in [-0.2, 0) is 46.0 Å². The number of esters is 1. The third-order valence-corrected chi connectivity index (χ3v) is 23.6. The number of halogens is 3. The minimum absolute atomic E-state index is 0.000964. The van der Waals surface area contributed by atoms with E-state index in [1.807, 2.05) is 36.9 Å². The summed E-state index contributed by atoms with van der Waals surface area (Å²) in [6.07, 6.45) is 6.86. The molecule has 1 aliphatic carbocycles. The number of methoxy groups -OCH3 is 2. The van der Waals surface area contributed by atoms with Crippen LogP contribution in [0.5, 0.6) is 23.0 Å². The van der Waals surface area contributed by atoms with E-state index in [9.17, 15) is 24.0 Å². The Balaban J connectivity index is 0.873. The number of rotatable bonds is 24. The van der Waals surface area contributed by atoms with E-state index in [-0.39, 0.29) is 126 Å². The van der Waals surface area contributed by atoms with Gasteiger partial charge in [-0.05, 0) is 109 Å². The van der Waals surface area contributed by atoms with E-state index in [1.54, 1.807) is 72.9 Å². The predicted octanol–water partition coefficient (Wildman–Crippen LogP) is 12.6. The SMILES string of the molecule is C=CCOC(=O)C[C@H](C(=O)N[C@@H](C)C(=O)Cc1ccc(COC(=O)N2c3cc(OCCCOc4cc5c(cc4OC)C(=O)N4C=C(c6ccc7nccnc7c6)C[C@H]4CN5C(=O)OCC(Cl)(Cl)Cl)c(OC)cc3C(=O)N3CC4(CC4)C[C@H]3C2O[Si](C)(C)C(C)(C)C)cc1)C(C)C. The molecular formula is C70H82Cl3N7O15Si. The predicted molar refractivity (Wildman–Crippen MR) is 365 cm³/mol. The molecule has 512 valence electrons. The average molecular weight is 1400 g/mol. The molecule has 5 amide bonds. The van der Waals surface area contributed by atoms with Crippen molar-refractivity contribution in [2.45, 2.75) is 139 Å². The normalized spacial score (nSPS) is 18.6. The smallest absolute Gasteiger partial charge is 0.416 e. The van der Waals surface area contributed by atoms with Crippen molar-refractivity contribution in [2.75, 3.05) is 63.5 Å². The van der Waals surface area contributed by atoms with Crippen LogP contribution >= 0.6 is 34.8 Å². The van der Waals surface area contributed by atoms with E-state index in [0.717, 1.165) is 29.5 Å². The fourth-order valence-electron chi connectivity index (χ4n) is 12.2. The lowest BCUT2D eigenvalue weighted by molar-refractivity contribution is -0.146. The number of Topliss-reactive ketones (excluding diaryl/α,β-unsaturated/α-hetero) is 1. The third kappa shape index (κ3) is 15.9. The third-order valence-electron chi connectivity index (χ3n) is 18.8. The standard InChI is InChI=1S/C70H82Cl3N7O15Si/c1-12-24-92-61(82)32-48(41(2)3)62(83)76-42(4)56(81)27-43-14-16-44(17-15-43)38-93-67(87)80-54-34-60(58(89-9)31-50(54)64(85)79-39-69(20-21-69)35-55(79)65(80)95-96(10,11)68(5,6)7)91-26-13-25-90-59-33-53-49(30-57(59)88-8)63(84)77-36-46(45-18-19-51-52(29-45)75-23-22-74-51)28-47(77)37-78(53)66(86)94-40-70(71,72)73/h12,14-19,22-23,29-31,33-34,36,41-42,47-48,55,65H,1,13,20-21,24-28,32,35,37-40H2,2-11H3,(H,76,83)/t42-,47-,48-,55-,65?/m0/s1. The van der Waals surface area contributed by atoms with Gasteiger partial charge in [-0.25, -0.2) is 14.5 Å². The second-order valence-electron chi connectivity index (χ2n) is 27.0. The van der Waals surface area contributed by atoms with E-state index in [0.29, 0.717) is 36.0 Å². The summed E-state index contributed by atoms with van der Waals surface area (Å²) >= 11 is 18.1. The summed E-state index contributed by atoms with van der Waals surface area (Å²) in [7, 11) is 0.166. The van der Waals surface area contributed by atoms with Gasteiger partial charge in [-0.2, -0.15) is 0 Å². The first-order valence-corrected chi connectivity index (χ1v) is 36.1. The number of aromatic nitrogens is 2. The van der Waals surface area contributed by atoms with E-state index in [2.05, 4.69) is 55.7 Å². The molecule has 10 rings (SSSR count). The van der Waals surface area contributed by atoms with Crippen LogP contribution in [-0.4, -0.2) is 152 Å². The summed E-state index contributed by atoms with van der Waals surface area (Å²) < 4.78 is 46.9. The highest BCUT2D eigenvalue weighted by Crippen LogP contribution is 2.58. The quantitative estimate of drug-likeness (QED) is 0.0151. The number of amides is 5. The zero-order valence-corrected chi connectivity index (χ0v) is 58.9. The summed E-state index contributed by atoms with van der Waals surface area (Å²) in [5.74, 6) is -1.92. The Hall–Kier alpha value is -7.96. The summed E-state index contributed by atoms with van der Waals surface area (Å²) in [6, 6.07) is 17.1. The Bertz CT molecular complexity index is 3850. The Morgan fingerprint density at radius 1 is 0.792 bits per heavy atom. The van der Waals surface area contributed by atoms with Crippen LogP contribution in [0.3, 0.4) is 0 Å². The molecule has 5 heterocycles. The zero-order valence-electron chi connectivity index (χ0n) is 55.7. The van der Waals surface area contributed by atoms with Gasteiger partial charge in [0.1, 0.15) is 19.8 Å². The van der Waals surface area contributed by atoms with Crippen LogP contribution in [0.4, 0.5) is 21.0 Å². The summed E-state index contributed by atoms with van der Waals surface area (Å²) in [5, 5.41) is 2.47. The number of alkyl halides is 3. The van der Waals surface area contributed by atoms with E-state index < -0.39 is 79.0 Å². The molecule has 0 radical (unpaired) electrons. The van der Waals surface area contributed by atoms with Crippen molar-refractivity contribution in [1.29, 1.82) is 0 Å². The van der Waals surface area contributed by atoms with Gasteiger partial charge in [-0.3, -0.25) is 38.8 Å². The maximum atomic E-state index is 15.3. The number of hydrogen-bond donors (Lipinski definition) is 1. The molecule has 22 nitrogen and oxygen atoms in total. The zero-order chi connectivity index (χ0) is 69.2. The van der Waals surface area contributed by atoms with Crippen molar-refractivity contribution in [2.24, 2.45) is 17.3 Å². The molecule has 1 aromatic heterocycles. The molecule has 4 aromatic carbocycles. The highest BCUT2D eigenvalue weighted by molar-refractivity contribution is 6.74. The lowest BCUT2D eigenvalue weighted by atomic mass is 9.91.